The molecular weight excluding hydrogens is 439 g/mol. The highest BCUT2D eigenvalue weighted by atomic mass is 35.5. The van der Waals surface area contributed by atoms with Gasteiger partial charge in [-0.15, -0.1) is 11.8 Å². The van der Waals surface area contributed by atoms with Crippen LogP contribution in [-0.4, -0.2) is 41.6 Å². The van der Waals surface area contributed by atoms with Crippen molar-refractivity contribution in [1.29, 1.82) is 0 Å². The topological polar surface area (TPSA) is 49.4 Å². The van der Waals surface area contributed by atoms with Crippen LogP contribution in [0.15, 0.2) is 48.5 Å². The molecule has 0 spiro atoms. The van der Waals surface area contributed by atoms with E-state index >= 15 is 0 Å². The van der Waals surface area contributed by atoms with Crippen molar-refractivity contribution >= 4 is 46.8 Å². The van der Waals surface area contributed by atoms with E-state index in [1.54, 1.807) is 23.1 Å². The van der Waals surface area contributed by atoms with Gasteiger partial charge in [-0.2, -0.15) is 0 Å². The van der Waals surface area contributed by atoms with Crippen LogP contribution >= 0.6 is 35.0 Å². The molecule has 0 aromatic heterocycles. The number of nitrogens with one attached hydrogen (secondary N) is 1. The number of carbonyl (C=O) groups is 2. The van der Waals surface area contributed by atoms with Crippen LogP contribution in [0, 0.1) is 0 Å². The van der Waals surface area contributed by atoms with Crippen LogP contribution in [0.3, 0.4) is 0 Å². The largest absolute Gasteiger partial charge is 0.355 e. The molecule has 0 saturated carbocycles. The molecular formula is C23H28Cl2N2O2S. The Labute approximate surface area is 193 Å². The summed E-state index contributed by atoms with van der Waals surface area (Å²) >= 11 is 13.9. The normalized spacial score (nSPS) is 11.7. The van der Waals surface area contributed by atoms with Crippen molar-refractivity contribution in [3.63, 3.8) is 0 Å². The van der Waals surface area contributed by atoms with E-state index in [-0.39, 0.29) is 17.6 Å². The number of halogens is 2. The summed E-state index contributed by atoms with van der Waals surface area (Å²) in [6.45, 7) is 4.84. The summed E-state index contributed by atoms with van der Waals surface area (Å²) < 4.78 is 0. The maximum atomic E-state index is 13.1. The summed E-state index contributed by atoms with van der Waals surface area (Å²) in [7, 11) is 0. The molecule has 162 valence electrons. The summed E-state index contributed by atoms with van der Waals surface area (Å²) in [5.74, 6) is 0.624. The van der Waals surface area contributed by atoms with E-state index in [0.29, 0.717) is 41.7 Å². The monoisotopic (exact) mass is 466 g/mol. The van der Waals surface area contributed by atoms with Gasteiger partial charge in [0, 0.05) is 28.9 Å². The molecule has 2 rings (SSSR count). The number of amides is 2. The Kier molecular flexibility index (Phi) is 10.6. The van der Waals surface area contributed by atoms with Crippen LogP contribution in [-0.2, 0) is 21.8 Å². The van der Waals surface area contributed by atoms with Gasteiger partial charge in [0.25, 0.3) is 0 Å². The molecule has 1 atom stereocenters. The fourth-order valence-electron chi connectivity index (χ4n) is 3.18. The zero-order chi connectivity index (χ0) is 21.9. The molecule has 7 heteroatoms. The van der Waals surface area contributed by atoms with Gasteiger partial charge in [-0.05, 0) is 43.0 Å². The Balaban J connectivity index is 2.07. The lowest BCUT2D eigenvalue weighted by Gasteiger charge is -2.30. The Morgan fingerprint density at radius 1 is 1.03 bits per heavy atom. The Morgan fingerprint density at radius 3 is 2.30 bits per heavy atom. The van der Waals surface area contributed by atoms with Crippen LogP contribution in [0.4, 0.5) is 0 Å². The molecule has 30 heavy (non-hydrogen) atoms. The van der Waals surface area contributed by atoms with Crippen LogP contribution in [0.5, 0.6) is 0 Å². The molecule has 0 radical (unpaired) electrons. The van der Waals surface area contributed by atoms with E-state index in [9.17, 15) is 9.59 Å². The molecule has 1 N–H and O–H groups in total. The maximum absolute atomic E-state index is 13.1. The fraction of sp³-hybridized carbons (Fsp3) is 0.391. The lowest BCUT2D eigenvalue weighted by Crippen LogP contribution is -2.50. The van der Waals surface area contributed by atoms with Crippen LogP contribution in [0.1, 0.15) is 31.4 Å². The van der Waals surface area contributed by atoms with Crippen molar-refractivity contribution in [3.8, 4) is 0 Å². The van der Waals surface area contributed by atoms with E-state index in [4.69, 9.17) is 23.2 Å². The first-order valence-corrected chi connectivity index (χ1v) is 12.0. The lowest BCUT2D eigenvalue weighted by atomic mass is 10.1. The number of likely N-dealkylation sites (N-methyl/N-ethyl adjacent to an activating group) is 1. The first kappa shape index (κ1) is 24.6. The quantitative estimate of drug-likeness (QED) is 0.494. The number of hydrogen-bond acceptors (Lipinski definition) is 3. The molecule has 0 unspecified atom stereocenters. The summed E-state index contributed by atoms with van der Waals surface area (Å²) in [6, 6.07) is 14.9. The zero-order valence-corrected chi connectivity index (χ0v) is 19.7. The van der Waals surface area contributed by atoms with Crippen molar-refractivity contribution in [1.82, 2.24) is 10.2 Å². The van der Waals surface area contributed by atoms with E-state index in [2.05, 4.69) is 5.32 Å². The predicted octanol–water partition coefficient (Wildman–Crippen LogP) is 5.21. The highest BCUT2D eigenvalue weighted by molar-refractivity contribution is 7.99. The molecule has 0 heterocycles. The third kappa shape index (κ3) is 7.22. The van der Waals surface area contributed by atoms with Crippen molar-refractivity contribution in [2.24, 2.45) is 0 Å². The molecule has 2 amide bonds. The summed E-state index contributed by atoms with van der Waals surface area (Å²) in [5, 5.41) is 4.04. The fourth-order valence-corrected chi connectivity index (χ4v) is 4.83. The van der Waals surface area contributed by atoms with Gasteiger partial charge in [0.2, 0.25) is 11.8 Å². The molecule has 0 aliphatic heterocycles. The average Bonchev–Trinajstić information content (AvgIpc) is 2.74. The average molecular weight is 467 g/mol. The minimum atomic E-state index is -0.481. The van der Waals surface area contributed by atoms with Gasteiger partial charge in [0.1, 0.15) is 6.04 Å². The predicted molar refractivity (Wildman–Crippen MR) is 127 cm³/mol. The number of benzene rings is 2. The minimum Gasteiger partial charge on any atom is -0.355 e. The van der Waals surface area contributed by atoms with Crippen LogP contribution in [0.2, 0.25) is 10.0 Å². The second-order valence-electron chi connectivity index (χ2n) is 6.83. The SMILES string of the molecule is CCNC(=O)[C@@H](CC)N(CCc1ccccc1)C(=O)CSCc1c(Cl)cccc1Cl. The van der Waals surface area contributed by atoms with Gasteiger partial charge in [-0.1, -0.05) is 66.5 Å². The first-order valence-electron chi connectivity index (χ1n) is 10.1. The first-order chi connectivity index (χ1) is 14.5. The summed E-state index contributed by atoms with van der Waals surface area (Å²) in [4.78, 5) is 27.4. The summed E-state index contributed by atoms with van der Waals surface area (Å²) in [6.07, 6.45) is 1.26. The number of thioether (sulfide) groups is 1. The second kappa shape index (κ2) is 12.9. The standard InChI is InChI=1S/C23H28Cl2N2O2S/c1-3-21(23(29)26-4-2)27(14-13-17-9-6-5-7-10-17)22(28)16-30-15-18-19(24)11-8-12-20(18)25/h5-12,21H,3-4,13-16H2,1-2H3,(H,26,29)/t21-/m1/s1. The van der Waals surface area contributed by atoms with Crippen molar-refractivity contribution in [3.05, 3.63) is 69.7 Å². The highest BCUT2D eigenvalue weighted by Crippen LogP contribution is 2.28. The molecule has 2 aromatic carbocycles. The highest BCUT2D eigenvalue weighted by Gasteiger charge is 2.27. The van der Waals surface area contributed by atoms with E-state index in [1.165, 1.54) is 11.8 Å². The third-order valence-corrected chi connectivity index (χ3v) is 6.41. The summed E-state index contributed by atoms with van der Waals surface area (Å²) in [5.41, 5.74) is 1.96. The molecule has 0 aliphatic carbocycles. The van der Waals surface area contributed by atoms with E-state index in [0.717, 1.165) is 11.1 Å². The zero-order valence-electron chi connectivity index (χ0n) is 17.4. The Bertz CT molecular complexity index is 813. The number of rotatable bonds is 11. The van der Waals surface area contributed by atoms with Gasteiger partial charge in [0.05, 0.1) is 5.75 Å². The molecule has 0 fully saturated rings. The Hall–Kier alpha value is -1.69. The molecule has 2 aromatic rings. The van der Waals surface area contributed by atoms with Crippen molar-refractivity contribution < 1.29 is 9.59 Å². The number of carbonyl (C=O) groups excluding carboxylic acids is 2. The molecule has 0 saturated heterocycles. The third-order valence-electron chi connectivity index (χ3n) is 4.75. The number of nitrogens with zero attached hydrogens (tertiary/aromatic N) is 1. The van der Waals surface area contributed by atoms with Gasteiger partial charge in [0.15, 0.2) is 0 Å². The second-order valence-corrected chi connectivity index (χ2v) is 8.63. The molecule has 0 bridgehead atoms. The number of hydrogen-bond donors (Lipinski definition) is 1. The van der Waals surface area contributed by atoms with E-state index < -0.39 is 6.04 Å². The minimum absolute atomic E-state index is 0.0581. The molecule has 0 aliphatic rings. The van der Waals surface area contributed by atoms with Crippen molar-refractivity contribution in [2.75, 3.05) is 18.8 Å². The van der Waals surface area contributed by atoms with E-state index in [1.807, 2.05) is 44.2 Å². The van der Waals surface area contributed by atoms with Gasteiger partial charge >= 0.3 is 0 Å². The lowest BCUT2D eigenvalue weighted by molar-refractivity contribution is -0.138. The van der Waals surface area contributed by atoms with Gasteiger partial charge in [-0.3, -0.25) is 9.59 Å². The maximum Gasteiger partial charge on any atom is 0.242 e. The van der Waals surface area contributed by atoms with Crippen LogP contribution < -0.4 is 5.32 Å². The molecule has 4 nitrogen and oxygen atoms in total. The van der Waals surface area contributed by atoms with Gasteiger partial charge < -0.3 is 10.2 Å². The smallest absolute Gasteiger partial charge is 0.242 e. The van der Waals surface area contributed by atoms with Gasteiger partial charge in [-0.25, -0.2) is 0 Å². The van der Waals surface area contributed by atoms with Crippen molar-refractivity contribution in [2.45, 2.75) is 38.5 Å². The Morgan fingerprint density at radius 2 is 1.70 bits per heavy atom. The van der Waals surface area contributed by atoms with Crippen LogP contribution in [0.25, 0.3) is 0 Å².